The summed E-state index contributed by atoms with van der Waals surface area (Å²) in [5, 5.41) is 2.89. The summed E-state index contributed by atoms with van der Waals surface area (Å²) in [6.45, 7) is 5.67. The molecule has 19 heavy (non-hydrogen) atoms. The summed E-state index contributed by atoms with van der Waals surface area (Å²) >= 11 is 0. The first kappa shape index (κ1) is 15.0. The third-order valence-corrected chi connectivity index (χ3v) is 5.25. The summed E-state index contributed by atoms with van der Waals surface area (Å²) in [4.78, 5) is 10.0. The fraction of sp³-hybridized carbons (Fsp3) is 1.00. The molecule has 2 unspecified atom stereocenters. The van der Waals surface area contributed by atoms with Crippen molar-refractivity contribution in [3.8, 4) is 0 Å². The van der Waals surface area contributed by atoms with Crippen LogP contribution in [-0.2, 0) is 4.74 Å². The lowest BCUT2D eigenvalue weighted by Crippen LogP contribution is -2.47. The molecule has 0 aromatic carbocycles. The Morgan fingerprint density at radius 3 is 2.68 bits per heavy atom. The Hall–Kier alpha value is -0.440. The molecule has 2 aliphatic carbocycles. The minimum atomic E-state index is -0.00931. The molecular weight excluding hydrogens is 238 g/mol. The highest BCUT2D eigenvalue weighted by Gasteiger charge is 2.49. The second-order valence-corrected chi connectivity index (χ2v) is 7.19. The van der Waals surface area contributed by atoms with E-state index in [0.717, 1.165) is 25.4 Å². The number of nitroso groups, excluding NO2 is 1. The van der Waals surface area contributed by atoms with Gasteiger partial charge < -0.3 is 4.74 Å². The molecule has 0 aliphatic heterocycles. The summed E-state index contributed by atoms with van der Waals surface area (Å²) in [6, 6.07) is 0. The van der Waals surface area contributed by atoms with E-state index >= 15 is 0 Å². The molecule has 2 atom stereocenters. The maximum atomic E-state index is 10.0. The first-order chi connectivity index (χ1) is 9.08. The van der Waals surface area contributed by atoms with E-state index in [4.69, 9.17) is 4.74 Å². The van der Waals surface area contributed by atoms with E-state index in [0.29, 0.717) is 12.0 Å². The van der Waals surface area contributed by atoms with Crippen molar-refractivity contribution in [3.05, 3.63) is 4.91 Å². The van der Waals surface area contributed by atoms with Crippen molar-refractivity contribution in [1.29, 1.82) is 0 Å². The van der Waals surface area contributed by atoms with Crippen molar-refractivity contribution in [3.63, 3.8) is 0 Å². The van der Waals surface area contributed by atoms with Crippen molar-refractivity contribution < 1.29 is 4.74 Å². The van der Waals surface area contributed by atoms with E-state index in [1.807, 2.05) is 0 Å². The molecule has 0 saturated heterocycles. The lowest BCUT2D eigenvalue weighted by Gasteiger charge is -2.55. The SMILES string of the molecule is CC(C)(CC12CCCCC1CC2)OCCCCN=O. The van der Waals surface area contributed by atoms with E-state index in [2.05, 4.69) is 19.0 Å². The average molecular weight is 267 g/mol. The molecule has 3 heteroatoms. The van der Waals surface area contributed by atoms with Crippen LogP contribution in [0.1, 0.15) is 71.6 Å². The number of fused-ring (bicyclic) bond motifs is 1. The number of nitrogens with zero attached hydrogens (tertiary/aromatic N) is 1. The van der Waals surface area contributed by atoms with Crippen LogP contribution in [0.4, 0.5) is 0 Å². The van der Waals surface area contributed by atoms with Crippen LogP contribution in [0.2, 0.25) is 0 Å². The van der Waals surface area contributed by atoms with Gasteiger partial charge in [0.15, 0.2) is 0 Å². The van der Waals surface area contributed by atoms with Crippen molar-refractivity contribution in [2.75, 3.05) is 13.2 Å². The molecule has 0 heterocycles. The number of unbranched alkanes of at least 4 members (excludes halogenated alkanes) is 1. The van der Waals surface area contributed by atoms with Gasteiger partial charge in [-0.15, -0.1) is 0 Å². The van der Waals surface area contributed by atoms with Gasteiger partial charge >= 0.3 is 0 Å². The van der Waals surface area contributed by atoms with Crippen LogP contribution in [0.5, 0.6) is 0 Å². The van der Waals surface area contributed by atoms with Gasteiger partial charge in [0.1, 0.15) is 0 Å². The topological polar surface area (TPSA) is 38.7 Å². The molecule has 2 saturated carbocycles. The first-order valence-electron chi connectivity index (χ1n) is 8.01. The molecule has 0 N–H and O–H groups in total. The summed E-state index contributed by atoms with van der Waals surface area (Å²) in [6.07, 6.45) is 11.6. The van der Waals surface area contributed by atoms with Crippen molar-refractivity contribution in [1.82, 2.24) is 0 Å². The van der Waals surface area contributed by atoms with Gasteiger partial charge in [0.2, 0.25) is 0 Å². The third-order valence-electron chi connectivity index (χ3n) is 5.25. The van der Waals surface area contributed by atoms with Crippen LogP contribution < -0.4 is 0 Å². The minimum absolute atomic E-state index is 0.00931. The Labute approximate surface area is 117 Å². The molecule has 0 spiro atoms. The Morgan fingerprint density at radius 2 is 2.05 bits per heavy atom. The van der Waals surface area contributed by atoms with E-state index in [1.165, 1.54) is 44.9 Å². The average Bonchev–Trinajstić information content (AvgIpc) is 2.34. The van der Waals surface area contributed by atoms with E-state index in [1.54, 1.807) is 0 Å². The molecule has 2 rings (SSSR count). The normalized spacial score (nSPS) is 30.5. The fourth-order valence-corrected chi connectivity index (χ4v) is 4.25. The lowest BCUT2D eigenvalue weighted by molar-refractivity contribution is -0.110. The second kappa shape index (κ2) is 6.34. The van der Waals surface area contributed by atoms with Gasteiger partial charge in [0.25, 0.3) is 0 Å². The summed E-state index contributed by atoms with van der Waals surface area (Å²) in [5.41, 5.74) is 0.594. The van der Waals surface area contributed by atoms with Crippen LogP contribution in [-0.4, -0.2) is 18.8 Å². The van der Waals surface area contributed by atoms with Gasteiger partial charge in [0.05, 0.1) is 12.1 Å². The third kappa shape index (κ3) is 3.77. The van der Waals surface area contributed by atoms with E-state index in [9.17, 15) is 4.91 Å². The van der Waals surface area contributed by atoms with Crippen LogP contribution in [0.25, 0.3) is 0 Å². The van der Waals surface area contributed by atoms with E-state index in [-0.39, 0.29) is 5.60 Å². The van der Waals surface area contributed by atoms with E-state index < -0.39 is 0 Å². The monoisotopic (exact) mass is 267 g/mol. The molecular formula is C16H29NO2. The molecule has 3 nitrogen and oxygen atoms in total. The maximum absolute atomic E-state index is 10.0. The standard InChI is InChI=1S/C16H29NO2/c1-15(2,19-12-6-5-11-17-18)13-16-9-4-3-7-14(16)8-10-16/h14H,3-13H2,1-2H3. The molecule has 0 aromatic rings. The van der Waals surface area contributed by atoms with Gasteiger partial charge in [-0.2, -0.15) is 4.91 Å². The number of ether oxygens (including phenoxy) is 1. The predicted octanol–water partition coefficient (Wildman–Crippen LogP) is 4.69. The zero-order valence-corrected chi connectivity index (χ0v) is 12.6. The van der Waals surface area contributed by atoms with Gasteiger partial charge in [-0.1, -0.05) is 18.0 Å². The molecule has 0 amide bonds. The second-order valence-electron chi connectivity index (χ2n) is 7.19. The Balaban J connectivity index is 1.75. The molecule has 2 aliphatic rings. The number of rotatable bonds is 8. The van der Waals surface area contributed by atoms with Crippen LogP contribution in [0, 0.1) is 16.2 Å². The molecule has 110 valence electrons. The minimum Gasteiger partial charge on any atom is -0.376 e. The number of hydrogen-bond acceptors (Lipinski definition) is 3. The molecule has 0 radical (unpaired) electrons. The van der Waals surface area contributed by atoms with Crippen molar-refractivity contribution >= 4 is 0 Å². The number of hydrogen-bond donors (Lipinski definition) is 0. The van der Waals surface area contributed by atoms with Gasteiger partial charge in [0, 0.05) is 6.61 Å². The smallest absolute Gasteiger partial charge is 0.0812 e. The zero-order valence-electron chi connectivity index (χ0n) is 12.6. The Bertz CT molecular complexity index is 303. The quantitative estimate of drug-likeness (QED) is 0.473. The zero-order chi connectivity index (χ0) is 13.8. The molecule has 0 bridgehead atoms. The highest BCUT2D eigenvalue weighted by Crippen LogP contribution is 2.59. The highest BCUT2D eigenvalue weighted by molar-refractivity contribution is 5.00. The first-order valence-corrected chi connectivity index (χ1v) is 8.01. The maximum Gasteiger partial charge on any atom is 0.0812 e. The molecule has 2 fully saturated rings. The Kier molecular flexibility index (Phi) is 4.99. The fourth-order valence-electron chi connectivity index (χ4n) is 4.25. The summed E-state index contributed by atoms with van der Waals surface area (Å²) < 4.78 is 6.08. The molecule has 0 aromatic heterocycles. The van der Waals surface area contributed by atoms with Crippen LogP contribution in [0.15, 0.2) is 5.18 Å². The van der Waals surface area contributed by atoms with Gasteiger partial charge in [-0.25, -0.2) is 0 Å². The predicted molar refractivity (Wildman–Crippen MR) is 78.2 cm³/mol. The largest absolute Gasteiger partial charge is 0.376 e. The van der Waals surface area contributed by atoms with Crippen LogP contribution >= 0.6 is 0 Å². The van der Waals surface area contributed by atoms with Crippen molar-refractivity contribution in [2.24, 2.45) is 16.5 Å². The van der Waals surface area contributed by atoms with Gasteiger partial charge in [-0.05, 0) is 70.1 Å². The summed E-state index contributed by atoms with van der Waals surface area (Å²) in [5.74, 6) is 0.975. The van der Waals surface area contributed by atoms with Crippen molar-refractivity contribution in [2.45, 2.75) is 77.2 Å². The van der Waals surface area contributed by atoms with Gasteiger partial charge in [-0.3, -0.25) is 0 Å². The Morgan fingerprint density at radius 1 is 1.21 bits per heavy atom. The highest BCUT2D eigenvalue weighted by atomic mass is 16.5. The lowest BCUT2D eigenvalue weighted by atomic mass is 9.51. The van der Waals surface area contributed by atoms with Crippen LogP contribution in [0.3, 0.4) is 0 Å². The summed E-state index contributed by atoms with van der Waals surface area (Å²) in [7, 11) is 0.